The number of anilines is 1. The van der Waals surface area contributed by atoms with Gasteiger partial charge in [-0.15, -0.1) is 0 Å². The molecule has 0 radical (unpaired) electrons. The molecule has 2 atom stereocenters. The average molecular weight is 354 g/mol. The standard InChI is InChI=1S/C20H22N2O4/c1-12-5-8-17-14(9-12)15-11-20(2,26-17)22(19(23)21-15)16-7-6-13(24-3)10-18(16)25-4/h5-10,15H,11H2,1-4H3,(H,21,23). The van der Waals surface area contributed by atoms with Crippen molar-refractivity contribution in [3.63, 3.8) is 0 Å². The number of carbonyl (C=O) groups excluding carboxylic acids is 1. The number of methoxy groups -OCH3 is 2. The van der Waals surface area contributed by atoms with E-state index in [4.69, 9.17) is 14.2 Å². The third-order valence-corrected chi connectivity index (χ3v) is 5.06. The fourth-order valence-electron chi connectivity index (χ4n) is 3.83. The Kier molecular flexibility index (Phi) is 3.72. The number of nitrogens with one attached hydrogen (secondary N) is 1. The molecule has 1 N–H and O–H groups in total. The lowest BCUT2D eigenvalue weighted by molar-refractivity contribution is 0.0374. The van der Waals surface area contributed by atoms with Gasteiger partial charge in [-0.05, 0) is 32.0 Å². The molecule has 2 aliphatic heterocycles. The van der Waals surface area contributed by atoms with Crippen LogP contribution in [-0.4, -0.2) is 26.0 Å². The molecular formula is C20H22N2O4. The number of aryl methyl sites for hydroxylation is 1. The first-order valence-corrected chi connectivity index (χ1v) is 8.57. The Morgan fingerprint density at radius 1 is 1.19 bits per heavy atom. The summed E-state index contributed by atoms with van der Waals surface area (Å²) in [5.74, 6) is 2.01. The predicted octanol–water partition coefficient (Wildman–Crippen LogP) is 3.78. The second-order valence-electron chi connectivity index (χ2n) is 6.90. The van der Waals surface area contributed by atoms with E-state index in [1.54, 1.807) is 31.3 Å². The van der Waals surface area contributed by atoms with Crippen molar-refractivity contribution in [3.05, 3.63) is 47.5 Å². The topological polar surface area (TPSA) is 60.0 Å². The molecule has 2 unspecified atom stereocenters. The number of amides is 2. The average Bonchev–Trinajstić information content (AvgIpc) is 2.62. The van der Waals surface area contributed by atoms with Crippen molar-refractivity contribution in [2.45, 2.75) is 32.0 Å². The van der Waals surface area contributed by atoms with Gasteiger partial charge in [-0.3, -0.25) is 4.90 Å². The molecule has 4 rings (SSSR count). The number of ether oxygens (including phenoxy) is 3. The first kappa shape index (κ1) is 16.6. The van der Waals surface area contributed by atoms with E-state index in [0.29, 0.717) is 23.6 Å². The third-order valence-electron chi connectivity index (χ3n) is 5.06. The number of hydrogen-bond acceptors (Lipinski definition) is 4. The molecule has 6 heteroatoms. The number of benzene rings is 2. The molecule has 0 spiro atoms. The first-order chi connectivity index (χ1) is 12.4. The van der Waals surface area contributed by atoms with Crippen LogP contribution in [0.25, 0.3) is 0 Å². The summed E-state index contributed by atoms with van der Waals surface area (Å²) in [6.07, 6.45) is 0.643. The highest BCUT2D eigenvalue weighted by molar-refractivity contribution is 5.96. The normalized spacial score (nSPS) is 23.6. The Balaban J connectivity index is 1.80. The number of fused-ring (bicyclic) bond motifs is 4. The molecule has 1 fully saturated rings. The minimum absolute atomic E-state index is 0.0726. The van der Waals surface area contributed by atoms with Crippen molar-refractivity contribution in [1.82, 2.24) is 5.32 Å². The zero-order valence-corrected chi connectivity index (χ0v) is 15.3. The van der Waals surface area contributed by atoms with Crippen molar-refractivity contribution in [2.24, 2.45) is 0 Å². The summed E-state index contributed by atoms with van der Waals surface area (Å²) >= 11 is 0. The van der Waals surface area contributed by atoms with E-state index in [-0.39, 0.29) is 12.1 Å². The molecule has 2 aromatic carbocycles. The summed E-state index contributed by atoms with van der Waals surface area (Å²) in [6.45, 7) is 3.97. The fraction of sp³-hybridized carbons (Fsp3) is 0.350. The van der Waals surface area contributed by atoms with Gasteiger partial charge in [0.25, 0.3) is 0 Å². The maximum absolute atomic E-state index is 13.0. The molecule has 0 saturated carbocycles. The van der Waals surface area contributed by atoms with Gasteiger partial charge in [-0.2, -0.15) is 0 Å². The molecule has 2 aliphatic rings. The third kappa shape index (κ3) is 2.44. The summed E-state index contributed by atoms with van der Waals surface area (Å²) in [5.41, 5.74) is 2.00. The Bertz CT molecular complexity index is 882. The van der Waals surface area contributed by atoms with E-state index in [1.807, 2.05) is 32.0 Å². The van der Waals surface area contributed by atoms with Crippen LogP contribution >= 0.6 is 0 Å². The fourth-order valence-corrected chi connectivity index (χ4v) is 3.83. The Morgan fingerprint density at radius 3 is 2.73 bits per heavy atom. The number of urea groups is 1. The van der Waals surface area contributed by atoms with Crippen LogP contribution in [0.4, 0.5) is 10.5 Å². The van der Waals surface area contributed by atoms with E-state index in [0.717, 1.165) is 16.9 Å². The molecule has 2 bridgehead atoms. The molecule has 6 nitrogen and oxygen atoms in total. The van der Waals surface area contributed by atoms with Gasteiger partial charge in [0, 0.05) is 18.1 Å². The maximum atomic E-state index is 13.0. The van der Waals surface area contributed by atoms with Crippen LogP contribution in [0.5, 0.6) is 17.2 Å². The zero-order valence-electron chi connectivity index (χ0n) is 15.3. The van der Waals surface area contributed by atoms with E-state index < -0.39 is 5.72 Å². The number of carbonyl (C=O) groups is 1. The highest BCUT2D eigenvalue weighted by Gasteiger charge is 2.50. The molecule has 2 aromatic rings. The minimum Gasteiger partial charge on any atom is -0.497 e. The zero-order chi connectivity index (χ0) is 18.5. The molecule has 0 aliphatic carbocycles. The second-order valence-corrected chi connectivity index (χ2v) is 6.90. The Morgan fingerprint density at radius 2 is 2.00 bits per heavy atom. The minimum atomic E-state index is -0.808. The van der Waals surface area contributed by atoms with Crippen molar-refractivity contribution in [3.8, 4) is 17.2 Å². The summed E-state index contributed by atoms with van der Waals surface area (Å²) in [6, 6.07) is 11.2. The van der Waals surface area contributed by atoms with Crippen LogP contribution in [0.15, 0.2) is 36.4 Å². The van der Waals surface area contributed by atoms with E-state index in [1.165, 1.54) is 0 Å². The van der Waals surface area contributed by atoms with Gasteiger partial charge in [-0.25, -0.2) is 4.79 Å². The van der Waals surface area contributed by atoms with Crippen molar-refractivity contribution in [2.75, 3.05) is 19.1 Å². The van der Waals surface area contributed by atoms with Crippen LogP contribution in [0, 0.1) is 6.92 Å². The second kappa shape index (κ2) is 5.83. The Hall–Kier alpha value is -2.89. The van der Waals surface area contributed by atoms with Gasteiger partial charge in [0.1, 0.15) is 17.2 Å². The van der Waals surface area contributed by atoms with Crippen LogP contribution in [-0.2, 0) is 0 Å². The lowest BCUT2D eigenvalue weighted by Crippen LogP contribution is -2.65. The SMILES string of the molecule is COc1ccc(N2C(=O)NC3CC2(C)Oc2ccc(C)cc23)c(OC)c1. The van der Waals surface area contributed by atoms with Crippen LogP contribution in [0.1, 0.15) is 30.5 Å². The van der Waals surface area contributed by atoms with Gasteiger partial charge < -0.3 is 19.5 Å². The van der Waals surface area contributed by atoms with Crippen molar-refractivity contribution < 1.29 is 19.0 Å². The van der Waals surface area contributed by atoms with Gasteiger partial charge in [-0.1, -0.05) is 17.7 Å². The summed E-state index contributed by atoms with van der Waals surface area (Å²) in [4.78, 5) is 14.6. The van der Waals surface area contributed by atoms with Crippen LogP contribution in [0.2, 0.25) is 0 Å². The van der Waals surface area contributed by atoms with E-state index >= 15 is 0 Å². The van der Waals surface area contributed by atoms with Gasteiger partial charge >= 0.3 is 6.03 Å². The molecular weight excluding hydrogens is 332 g/mol. The van der Waals surface area contributed by atoms with Crippen LogP contribution in [0.3, 0.4) is 0 Å². The van der Waals surface area contributed by atoms with Gasteiger partial charge in [0.2, 0.25) is 0 Å². The first-order valence-electron chi connectivity index (χ1n) is 8.57. The predicted molar refractivity (Wildman–Crippen MR) is 98.1 cm³/mol. The highest BCUT2D eigenvalue weighted by atomic mass is 16.5. The highest BCUT2D eigenvalue weighted by Crippen LogP contribution is 2.47. The lowest BCUT2D eigenvalue weighted by atomic mass is 9.89. The van der Waals surface area contributed by atoms with E-state index in [9.17, 15) is 4.79 Å². The summed E-state index contributed by atoms with van der Waals surface area (Å²) in [7, 11) is 3.17. The number of nitrogens with zero attached hydrogens (tertiary/aromatic N) is 1. The van der Waals surface area contributed by atoms with Crippen molar-refractivity contribution >= 4 is 11.7 Å². The lowest BCUT2D eigenvalue weighted by Gasteiger charge is -2.50. The molecule has 2 amide bonds. The number of rotatable bonds is 3. The van der Waals surface area contributed by atoms with Crippen LogP contribution < -0.4 is 24.4 Å². The molecule has 1 saturated heterocycles. The van der Waals surface area contributed by atoms with E-state index in [2.05, 4.69) is 11.4 Å². The van der Waals surface area contributed by atoms with Gasteiger partial charge in [0.15, 0.2) is 5.72 Å². The summed E-state index contributed by atoms with van der Waals surface area (Å²) in [5, 5.41) is 3.11. The molecule has 136 valence electrons. The molecule has 2 heterocycles. The quantitative estimate of drug-likeness (QED) is 0.911. The number of hydrogen-bond donors (Lipinski definition) is 1. The molecule has 0 aromatic heterocycles. The summed E-state index contributed by atoms with van der Waals surface area (Å²) < 4.78 is 17.1. The monoisotopic (exact) mass is 354 g/mol. The smallest absolute Gasteiger partial charge is 0.325 e. The van der Waals surface area contributed by atoms with Crippen molar-refractivity contribution in [1.29, 1.82) is 0 Å². The maximum Gasteiger partial charge on any atom is 0.325 e. The molecule has 26 heavy (non-hydrogen) atoms. The van der Waals surface area contributed by atoms with Gasteiger partial charge in [0.05, 0.1) is 25.9 Å². The largest absolute Gasteiger partial charge is 0.497 e. The Labute approximate surface area is 152 Å².